The Labute approximate surface area is 113 Å². The fourth-order valence-corrected chi connectivity index (χ4v) is 1.91. The van der Waals surface area contributed by atoms with Crippen molar-refractivity contribution in [3.8, 4) is 0 Å². The summed E-state index contributed by atoms with van der Waals surface area (Å²) in [6, 6.07) is 0. The van der Waals surface area contributed by atoms with E-state index in [9.17, 15) is 0 Å². The third kappa shape index (κ3) is 6.25. The maximum atomic E-state index is 3.34. The second kappa shape index (κ2) is 11.2. The molecular weight excluding hydrogens is 259 g/mol. The van der Waals surface area contributed by atoms with Crippen molar-refractivity contribution in [2.24, 2.45) is 0 Å². The number of halogens is 2. The van der Waals surface area contributed by atoms with Crippen molar-refractivity contribution in [3.63, 3.8) is 0 Å². The fourth-order valence-electron chi connectivity index (χ4n) is 1.16. The minimum absolute atomic E-state index is 0. The molecule has 0 aromatic carbocycles. The predicted octanol–water partition coefficient (Wildman–Crippen LogP) is 3.66. The molecule has 0 nitrogen and oxygen atoms in total. The van der Waals surface area contributed by atoms with E-state index in [0.717, 1.165) is 6.42 Å². The van der Waals surface area contributed by atoms with Gasteiger partial charge >= 0.3 is 0 Å². The van der Waals surface area contributed by atoms with E-state index in [1.165, 1.54) is 12.0 Å². The van der Waals surface area contributed by atoms with Crippen LogP contribution in [0.1, 0.15) is 19.8 Å². The summed E-state index contributed by atoms with van der Waals surface area (Å²) < 4.78 is 0. The van der Waals surface area contributed by atoms with E-state index in [1.54, 1.807) is 0 Å². The zero-order chi connectivity index (χ0) is 7.40. The molecular formula is C9H15Cl2STi-. The van der Waals surface area contributed by atoms with E-state index < -0.39 is 0 Å². The standard InChI is InChI=1S/C9H13S.2ClH.Ti/c1-3-9(10-2)8-6-4-5-7-8;;;/h4,6,9H,3,5H2,1-2H3;2*1H;/q-1;;;. The molecule has 0 fully saturated rings. The second-order valence-electron chi connectivity index (χ2n) is 2.37. The normalized spacial score (nSPS) is 14.8. The summed E-state index contributed by atoms with van der Waals surface area (Å²) in [7, 11) is 0. The predicted molar refractivity (Wildman–Crippen MR) is 62.6 cm³/mol. The summed E-state index contributed by atoms with van der Waals surface area (Å²) in [5.41, 5.74) is 1.40. The number of thioether (sulfide) groups is 1. The molecule has 1 unspecified atom stereocenters. The first-order valence-electron chi connectivity index (χ1n) is 3.68. The van der Waals surface area contributed by atoms with Crippen molar-refractivity contribution in [1.29, 1.82) is 0 Å². The molecule has 0 aliphatic heterocycles. The van der Waals surface area contributed by atoms with Gasteiger partial charge in [0.1, 0.15) is 0 Å². The van der Waals surface area contributed by atoms with E-state index in [4.69, 9.17) is 0 Å². The number of hydrogen-bond acceptors (Lipinski definition) is 1. The Hall–Kier alpha value is 1.12. The Morgan fingerprint density at radius 1 is 1.54 bits per heavy atom. The van der Waals surface area contributed by atoms with Gasteiger partial charge in [-0.15, -0.1) is 31.2 Å². The molecule has 1 aliphatic rings. The molecule has 1 atom stereocenters. The molecule has 0 N–H and O–H groups in total. The van der Waals surface area contributed by atoms with Crippen LogP contribution < -0.4 is 0 Å². The van der Waals surface area contributed by atoms with Crippen molar-refractivity contribution in [3.05, 3.63) is 23.8 Å². The summed E-state index contributed by atoms with van der Waals surface area (Å²) >= 11 is 1.92. The van der Waals surface area contributed by atoms with Crippen LogP contribution in [0.5, 0.6) is 0 Å². The summed E-state index contributed by atoms with van der Waals surface area (Å²) in [5.74, 6) is 0. The molecule has 76 valence electrons. The maximum absolute atomic E-state index is 3.34. The molecule has 0 spiro atoms. The van der Waals surface area contributed by atoms with Crippen LogP contribution in [0.15, 0.2) is 17.7 Å². The largest absolute Gasteiger partial charge is 0.268 e. The monoisotopic (exact) mass is 273 g/mol. The topological polar surface area (TPSA) is 0 Å². The smallest absolute Gasteiger partial charge is 0 e. The van der Waals surface area contributed by atoms with Gasteiger partial charge in [-0.2, -0.15) is 17.8 Å². The number of hydrogen-bond donors (Lipinski definition) is 0. The third-order valence-corrected chi connectivity index (χ3v) is 2.88. The van der Waals surface area contributed by atoms with Gasteiger partial charge in [0.2, 0.25) is 0 Å². The molecule has 0 heterocycles. The van der Waals surface area contributed by atoms with Gasteiger partial charge in [0.05, 0.1) is 0 Å². The van der Waals surface area contributed by atoms with Gasteiger partial charge in [-0.3, -0.25) is 6.08 Å². The fraction of sp³-hybridized carbons (Fsp3) is 0.556. The van der Waals surface area contributed by atoms with E-state index in [-0.39, 0.29) is 46.5 Å². The first-order chi connectivity index (χ1) is 4.88. The molecule has 0 aromatic heterocycles. The minimum atomic E-state index is 0. The summed E-state index contributed by atoms with van der Waals surface area (Å²) in [6.07, 6.45) is 12.1. The molecule has 0 aromatic rings. The molecule has 0 amide bonds. The molecule has 1 rings (SSSR count). The van der Waals surface area contributed by atoms with Crippen LogP contribution in [-0.4, -0.2) is 11.5 Å². The molecule has 0 saturated heterocycles. The Bertz CT molecular complexity index is 165. The Morgan fingerprint density at radius 3 is 2.46 bits per heavy atom. The molecule has 0 bridgehead atoms. The van der Waals surface area contributed by atoms with Crippen molar-refractivity contribution in [1.82, 2.24) is 0 Å². The zero-order valence-corrected chi connectivity index (χ0v) is 11.9. The van der Waals surface area contributed by atoms with Gasteiger partial charge < -0.3 is 0 Å². The summed E-state index contributed by atoms with van der Waals surface area (Å²) in [4.78, 5) is 0. The first kappa shape index (κ1) is 19.7. The molecule has 0 radical (unpaired) electrons. The van der Waals surface area contributed by atoms with Crippen molar-refractivity contribution in [2.75, 3.05) is 6.26 Å². The zero-order valence-electron chi connectivity index (χ0n) is 7.87. The van der Waals surface area contributed by atoms with E-state index >= 15 is 0 Å². The van der Waals surface area contributed by atoms with Crippen molar-refractivity contribution in [2.45, 2.75) is 25.0 Å². The Kier molecular flexibility index (Phi) is 16.9. The van der Waals surface area contributed by atoms with Crippen LogP contribution in [0, 0.1) is 6.08 Å². The molecule has 4 heteroatoms. The van der Waals surface area contributed by atoms with Gasteiger partial charge in [0, 0.05) is 21.7 Å². The van der Waals surface area contributed by atoms with Crippen LogP contribution >= 0.6 is 36.6 Å². The van der Waals surface area contributed by atoms with Crippen LogP contribution in [0.25, 0.3) is 0 Å². The van der Waals surface area contributed by atoms with E-state index in [0.29, 0.717) is 5.25 Å². The van der Waals surface area contributed by atoms with Gasteiger partial charge in [0.15, 0.2) is 0 Å². The Morgan fingerprint density at radius 2 is 2.15 bits per heavy atom. The van der Waals surface area contributed by atoms with Crippen LogP contribution in [0.3, 0.4) is 0 Å². The third-order valence-electron chi connectivity index (χ3n) is 1.72. The molecule has 0 saturated carbocycles. The molecule has 13 heavy (non-hydrogen) atoms. The SMILES string of the molecule is CCC(SC)C1=[C-]CC=C1.Cl.Cl.[Ti]. The van der Waals surface area contributed by atoms with Gasteiger partial charge in [-0.25, -0.2) is 11.6 Å². The van der Waals surface area contributed by atoms with Gasteiger partial charge in [-0.1, -0.05) is 6.92 Å². The summed E-state index contributed by atoms with van der Waals surface area (Å²) in [5, 5.41) is 0.679. The maximum Gasteiger partial charge on any atom is 0 e. The first-order valence-corrected chi connectivity index (χ1v) is 4.97. The summed E-state index contributed by atoms with van der Waals surface area (Å²) in [6.45, 7) is 2.22. The molecule has 1 aliphatic carbocycles. The minimum Gasteiger partial charge on any atom is -0.268 e. The van der Waals surface area contributed by atoms with Gasteiger partial charge in [0.25, 0.3) is 0 Å². The van der Waals surface area contributed by atoms with E-state index in [2.05, 4.69) is 31.4 Å². The average Bonchev–Trinajstić information content (AvgIpc) is 2.43. The van der Waals surface area contributed by atoms with Crippen molar-refractivity contribution >= 4 is 36.6 Å². The number of rotatable bonds is 3. The van der Waals surface area contributed by atoms with Crippen LogP contribution in [0.4, 0.5) is 0 Å². The van der Waals surface area contributed by atoms with E-state index in [1.807, 2.05) is 11.8 Å². The second-order valence-corrected chi connectivity index (χ2v) is 3.41. The van der Waals surface area contributed by atoms with Crippen LogP contribution in [-0.2, 0) is 21.7 Å². The quantitative estimate of drug-likeness (QED) is 0.559. The van der Waals surface area contributed by atoms with Crippen LogP contribution in [0.2, 0.25) is 0 Å². The van der Waals surface area contributed by atoms with Gasteiger partial charge in [-0.05, 0) is 17.9 Å². The number of allylic oxidation sites excluding steroid dienone is 3. The van der Waals surface area contributed by atoms with Crippen molar-refractivity contribution < 1.29 is 21.7 Å². The Balaban J connectivity index is -0.000000333. The average molecular weight is 274 g/mol.